The summed E-state index contributed by atoms with van der Waals surface area (Å²) in [5.41, 5.74) is 9.12. The van der Waals surface area contributed by atoms with Crippen molar-refractivity contribution in [1.29, 1.82) is 0 Å². The van der Waals surface area contributed by atoms with Crippen molar-refractivity contribution < 1.29 is 4.79 Å². The van der Waals surface area contributed by atoms with E-state index in [4.69, 9.17) is 5.73 Å². The van der Waals surface area contributed by atoms with Gasteiger partial charge in [0.05, 0.1) is 11.7 Å². The van der Waals surface area contributed by atoms with E-state index in [9.17, 15) is 4.79 Å². The Morgan fingerprint density at radius 2 is 2.08 bits per heavy atom. The molecule has 130 valence electrons. The molecule has 4 aromatic rings. The number of nitrogens with one attached hydrogen (secondary N) is 1. The lowest BCUT2D eigenvalue weighted by Gasteiger charge is -2.03. The molecular weight excluding hydrogens is 330 g/mol. The molecule has 0 bridgehead atoms. The number of hydrogen-bond donors (Lipinski definition) is 2. The first-order valence-corrected chi connectivity index (χ1v) is 8.06. The summed E-state index contributed by atoms with van der Waals surface area (Å²) < 4.78 is 3.30. The van der Waals surface area contributed by atoms with Crippen molar-refractivity contribution in [3.8, 4) is 11.1 Å². The Bertz CT molecular complexity index is 1100. The lowest BCUT2D eigenvalue weighted by atomic mass is 10.1. The van der Waals surface area contributed by atoms with Crippen LogP contribution in [-0.4, -0.2) is 30.5 Å². The van der Waals surface area contributed by atoms with Gasteiger partial charge in [-0.3, -0.25) is 19.1 Å². The quantitative estimate of drug-likeness (QED) is 0.588. The number of para-hydroxylation sites is 1. The van der Waals surface area contributed by atoms with Crippen molar-refractivity contribution in [2.24, 2.45) is 7.05 Å². The minimum Gasteiger partial charge on any atom is -0.398 e. The first kappa shape index (κ1) is 15.8. The third-order valence-electron chi connectivity index (χ3n) is 4.12. The number of pyridine rings is 1. The van der Waals surface area contributed by atoms with E-state index >= 15 is 0 Å². The molecule has 3 heterocycles. The number of nitrogen functional groups attached to an aromatic ring is 1. The van der Waals surface area contributed by atoms with Crippen LogP contribution in [0.3, 0.4) is 0 Å². The Labute approximate surface area is 149 Å². The van der Waals surface area contributed by atoms with Crippen LogP contribution in [0.25, 0.3) is 22.0 Å². The maximum Gasteiger partial charge on any atom is 0.247 e. The Kier molecular flexibility index (Phi) is 3.85. The molecule has 3 aromatic heterocycles. The Morgan fingerprint density at radius 1 is 1.23 bits per heavy atom. The number of carbonyl (C=O) groups excluding carboxylic acids is 1. The number of carbonyl (C=O) groups is 1. The predicted molar refractivity (Wildman–Crippen MR) is 99.2 cm³/mol. The van der Waals surface area contributed by atoms with Gasteiger partial charge in [0.25, 0.3) is 0 Å². The van der Waals surface area contributed by atoms with Gasteiger partial charge in [-0.2, -0.15) is 10.2 Å². The fourth-order valence-electron chi connectivity index (χ4n) is 2.86. The average molecular weight is 347 g/mol. The van der Waals surface area contributed by atoms with Crippen molar-refractivity contribution >= 4 is 28.3 Å². The molecule has 0 radical (unpaired) electrons. The largest absolute Gasteiger partial charge is 0.398 e. The molecule has 0 fully saturated rings. The molecule has 8 heteroatoms. The second-order valence-electron chi connectivity index (χ2n) is 5.93. The van der Waals surface area contributed by atoms with Crippen LogP contribution in [0.5, 0.6) is 0 Å². The van der Waals surface area contributed by atoms with Gasteiger partial charge in [-0.05, 0) is 18.2 Å². The molecular formula is C18H17N7O. The molecule has 0 saturated heterocycles. The smallest absolute Gasteiger partial charge is 0.247 e. The van der Waals surface area contributed by atoms with Crippen LogP contribution in [0, 0.1) is 0 Å². The van der Waals surface area contributed by atoms with Crippen molar-refractivity contribution in [2.75, 3.05) is 11.1 Å². The summed E-state index contributed by atoms with van der Waals surface area (Å²) in [5, 5.41) is 12.3. The third kappa shape index (κ3) is 2.88. The summed E-state index contributed by atoms with van der Waals surface area (Å²) in [5.74, 6) is 0.333. The zero-order valence-corrected chi connectivity index (χ0v) is 14.1. The molecule has 0 aliphatic carbocycles. The number of nitrogens with two attached hydrogens (primary N) is 1. The lowest BCUT2D eigenvalue weighted by Crippen LogP contribution is -2.19. The van der Waals surface area contributed by atoms with E-state index < -0.39 is 0 Å². The highest BCUT2D eigenvalue weighted by Crippen LogP contribution is 2.24. The van der Waals surface area contributed by atoms with Crippen LogP contribution in [-0.2, 0) is 18.4 Å². The summed E-state index contributed by atoms with van der Waals surface area (Å²) in [6.45, 7) is 0.0745. The van der Waals surface area contributed by atoms with Crippen molar-refractivity contribution in [3.05, 3.63) is 55.1 Å². The molecule has 0 aliphatic rings. The monoisotopic (exact) mass is 347 g/mol. The Hall–Kier alpha value is -3.68. The van der Waals surface area contributed by atoms with Crippen LogP contribution < -0.4 is 11.1 Å². The van der Waals surface area contributed by atoms with E-state index in [2.05, 4.69) is 20.5 Å². The molecule has 3 N–H and O–H groups in total. The van der Waals surface area contributed by atoms with Crippen molar-refractivity contribution in [1.82, 2.24) is 24.5 Å². The van der Waals surface area contributed by atoms with E-state index in [1.807, 2.05) is 31.3 Å². The van der Waals surface area contributed by atoms with Gasteiger partial charge in [-0.15, -0.1) is 0 Å². The summed E-state index contributed by atoms with van der Waals surface area (Å²) in [4.78, 5) is 16.5. The molecule has 1 aromatic carbocycles. The van der Waals surface area contributed by atoms with E-state index in [1.54, 1.807) is 40.2 Å². The molecule has 0 aliphatic heterocycles. The molecule has 26 heavy (non-hydrogen) atoms. The molecule has 0 unspecified atom stereocenters. The number of aryl methyl sites for hydroxylation is 1. The van der Waals surface area contributed by atoms with E-state index in [1.165, 1.54) is 0 Å². The van der Waals surface area contributed by atoms with E-state index in [0.717, 1.165) is 22.0 Å². The van der Waals surface area contributed by atoms with Gasteiger partial charge in [-0.25, -0.2) is 0 Å². The first-order chi connectivity index (χ1) is 12.6. The fourth-order valence-corrected chi connectivity index (χ4v) is 2.86. The van der Waals surface area contributed by atoms with Gasteiger partial charge in [0.2, 0.25) is 5.91 Å². The second kappa shape index (κ2) is 6.32. The summed E-state index contributed by atoms with van der Waals surface area (Å²) in [7, 11) is 1.84. The third-order valence-corrected chi connectivity index (χ3v) is 4.12. The standard InChI is InChI=1S/C18H17N7O/c1-24-16-5-3-2-4-13(16)18(23-24)22-17(26)11-25-10-12(8-21-25)14-9-20-7-6-15(14)19/h2-10H,11H2,1H3,(H2,19,20)(H,22,23,26). The van der Waals surface area contributed by atoms with Crippen LogP contribution in [0.1, 0.15) is 0 Å². The average Bonchev–Trinajstić information content (AvgIpc) is 3.21. The second-order valence-corrected chi connectivity index (χ2v) is 5.93. The molecule has 0 spiro atoms. The maximum absolute atomic E-state index is 12.4. The van der Waals surface area contributed by atoms with Crippen molar-refractivity contribution in [2.45, 2.75) is 6.54 Å². The Morgan fingerprint density at radius 3 is 2.92 bits per heavy atom. The lowest BCUT2D eigenvalue weighted by molar-refractivity contribution is -0.116. The molecule has 1 amide bonds. The fraction of sp³-hybridized carbons (Fsp3) is 0.111. The highest BCUT2D eigenvalue weighted by atomic mass is 16.2. The van der Waals surface area contributed by atoms with Gasteiger partial charge in [-0.1, -0.05) is 12.1 Å². The van der Waals surface area contributed by atoms with Crippen LogP contribution in [0.15, 0.2) is 55.1 Å². The molecule has 8 nitrogen and oxygen atoms in total. The van der Waals surface area contributed by atoms with Crippen molar-refractivity contribution in [3.63, 3.8) is 0 Å². The summed E-state index contributed by atoms with van der Waals surface area (Å²) in [6.07, 6.45) is 6.74. The number of aromatic nitrogens is 5. The summed E-state index contributed by atoms with van der Waals surface area (Å²) >= 11 is 0. The highest BCUT2D eigenvalue weighted by Gasteiger charge is 2.12. The van der Waals surface area contributed by atoms with Gasteiger partial charge >= 0.3 is 0 Å². The molecule has 0 atom stereocenters. The van der Waals surface area contributed by atoms with Gasteiger partial charge in [0.15, 0.2) is 5.82 Å². The van der Waals surface area contributed by atoms with E-state index in [-0.39, 0.29) is 12.5 Å². The number of rotatable bonds is 4. The van der Waals surface area contributed by atoms with Gasteiger partial charge < -0.3 is 11.1 Å². The maximum atomic E-state index is 12.4. The number of benzene rings is 1. The minimum absolute atomic E-state index is 0.0745. The Balaban J connectivity index is 1.51. The van der Waals surface area contributed by atoms with Crippen LogP contribution >= 0.6 is 0 Å². The topological polar surface area (TPSA) is 104 Å². The molecule has 0 saturated carbocycles. The number of nitrogens with zero attached hydrogens (tertiary/aromatic N) is 5. The number of hydrogen-bond acceptors (Lipinski definition) is 5. The van der Waals surface area contributed by atoms with Crippen LogP contribution in [0.2, 0.25) is 0 Å². The van der Waals surface area contributed by atoms with Gasteiger partial charge in [0.1, 0.15) is 6.54 Å². The predicted octanol–water partition coefficient (Wildman–Crippen LogP) is 2.05. The SMILES string of the molecule is Cn1nc(NC(=O)Cn2cc(-c3cnccc3N)cn2)c2ccccc21. The minimum atomic E-state index is -0.206. The van der Waals surface area contributed by atoms with E-state index in [0.29, 0.717) is 11.5 Å². The van der Waals surface area contributed by atoms with Gasteiger partial charge in [0, 0.05) is 47.8 Å². The number of anilines is 2. The summed E-state index contributed by atoms with van der Waals surface area (Å²) in [6, 6.07) is 9.46. The number of fused-ring (bicyclic) bond motifs is 1. The number of amides is 1. The highest BCUT2D eigenvalue weighted by molar-refractivity contribution is 5.99. The van der Waals surface area contributed by atoms with Crippen LogP contribution in [0.4, 0.5) is 11.5 Å². The molecule has 4 rings (SSSR count). The zero-order valence-electron chi connectivity index (χ0n) is 14.1. The normalized spacial score (nSPS) is 11.0. The zero-order chi connectivity index (χ0) is 18.1. The first-order valence-electron chi connectivity index (χ1n) is 8.06.